The molecule has 3 heterocycles. The standard InChI is InChI=1S/C16H22N4OS2/c1-11-8-12(2)10-19(9-11)14(21)5-6-20-15(17-18-16(20)22)13-4-3-7-23-13/h3-4,7,11-12H,5-6,8-10H2,1-2H3,(H,18,22). The molecular formula is C16H22N4OS2. The van der Waals surface area contributed by atoms with E-state index in [1.165, 1.54) is 6.42 Å². The Bertz CT molecular complexity index is 709. The second-order valence-corrected chi connectivity index (χ2v) is 7.81. The number of hydrogen-bond donors (Lipinski definition) is 1. The molecule has 0 saturated carbocycles. The highest BCUT2D eigenvalue weighted by atomic mass is 32.1. The van der Waals surface area contributed by atoms with Gasteiger partial charge in [-0.3, -0.25) is 14.5 Å². The van der Waals surface area contributed by atoms with E-state index in [1.54, 1.807) is 11.3 Å². The van der Waals surface area contributed by atoms with Crippen LogP contribution in [0, 0.1) is 16.6 Å². The first-order valence-corrected chi connectivity index (χ1v) is 9.30. The first-order valence-electron chi connectivity index (χ1n) is 8.01. The van der Waals surface area contributed by atoms with Crippen LogP contribution in [0.3, 0.4) is 0 Å². The van der Waals surface area contributed by atoms with Gasteiger partial charge in [-0.1, -0.05) is 19.9 Å². The lowest BCUT2D eigenvalue weighted by molar-refractivity contribution is -0.134. The molecule has 0 bridgehead atoms. The molecule has 2 aromatic heterocycles. The van der Waals surface area contributed by atoms with Gasteiger partial charge >= 0.3 is 0 Å². The summed E-state index contributed by atoms with van der Waals surface area (Å²) in [6.45, 7) is 6.75. The molecule has 2 atom stereocenters. The van der Waals surface area contributed by atoms with Crippen molar-refractivity contribution in [3.63, 3.8) is 0 Å². The fraction of sp³-hybridized carbons (Fsp3) is 0.562. The minimum atomic E-state index is 0.212. The Balaban J connectivity index is 1.68. The molecule has 1 fully saturated rings. The number of amides is 1. The number of aromatic amines is 1. The van der Waals surface area contributed by atoms with Gasteiger partial charge in [-0.05, 0) is 41.9 Å². The predicted octanol–water partition coefficient (Wildman–Crippen LogP) is 3.56. The molecule has 0 spiro atoms. The number of thiophene rings is 1. The largest absolute Gasteiger partial charge is 0.342 e. The summed E-state index contributed by atoms with van der Waals surface area (Å²) in [5.74, 6) is 2.20. The van der Waals surface area contributed by atoms with Crippen LogP contribution >= 0.6 is 23.6 Å². The number of aromatic nitrogens is 3. The van der Waals surface area contributed by atoms with Crippen LogP contribution in [0.25, 0.3) is 10.7 Å². The zero-order valence-corrected chi connectivity index (χ0v) is 15.1. The van der Waals surface area contributed by atoms with E-state index in [0.29, 0.717) is 29.6 Å². The van der Waals surface area contributed by atoms with E-state index in [2.05, 4.69) is 24.0 Å². The molecule has 7 heteroatoms. The van der Waals surface area contributed by atoms with Crippen LogP contribution in [-0.4, -0.2) is 38.7 Å². The van der Waals surface area contributed by atoms with E-state index in [9.17, 15) is 4.79 Å². The number of carbonyl (C=O) groups excluding carboxylic acids is 1. The second kappa shape index (κ2) is 6.97. The van der Waals surface area contributed by atoms with Crippen molar-refractivity contribution in [1.29, 1.82) is 0 Å². The molecule has 23 heavy (non-hydrogen) atoms. The van der Waals surface area contributed by atoms with E-state index in [0.717, 1.165) is 23.8 Å². The zero-order valence-electron chi connectivity index (χ0n) is 13.5. The van der Waals surface area contributed by atoms with Crippen LogP contribution in [0.5, 0.6) is 0 Å². The van der Waals surface area contributed by atoms with Crippen LogP contribution in [0.1, 0.15) is 26.7 Å². The van der Waals surface area contributed by atoms with Crippen molar-refractivity contribution in [3.05, 3.63) is 22.3 Å². The first-order chi connectivity index (χ1) is 11.0. The Labute approximate surface area is 145 Å². The summed E-state index contributed by atoms with van der Waals surface area (Å²) in [4.78, 5) is 15.6. The quantitative estimate of drug-likeness (QED) is 0.858. The van der Waals surface area contributed by atoms with Gasteiger partial charge in [-0.25, -0.2) is 0 Å². The van der Waals surface area contributed by atoms with E-state index in [-0.39, 0.29) is 5.91 Å². The fourth-order valence-electron chi connectivity index (χ4n) is 3.35. The van der Waals surface area contributed by atoms with Crippen LogP contribution in [0.2, 0.25) is 0 Å². The Kier molecular flexibility index (Phi) is 4.96. The number of piperidine rings is 1. The highest BCUT2D eigenvalue weighted by Gasteiger charge is 2.25. The molecule has 0 radical (unpaired) electrons. The third kappa shape index (κ3) is 3.72. The fourth-order valence-corrected chi connectivity index (χ4v) is 4.30. The molecule has 1 saturated heterocycles. The topological polar surface area (TPSA) is 53.9 Å². The molecular weight excluding hydrogens is 328 g/mol. The van der Waals surface area contributed by atoms with Gasteiger partial charge < -0.3 is 4.90 Å². The maximum absolute atomic E-state index is 12.5. The van der Waals surface area contributed by atoms with Crippen molar-refractivity contribution in [2.75, 3.05) is 13.1 Å². The minimum Gasteiger partial charge on any atom is -0.342 e. The van der Waals surface area contributed by atoms with Crippen molar-refractivity contribution in [2.45, 2.75) is 33.2 Å². The van der Waals surface area contributed by atoms with Gasteiger partial charge in [0.15, 0.2) is 10.6 Å². The average molecular weight is 351 g/mol. The molecule has 0 aromatic carbocycles. The Morgan fingerprint density at radius 3 is 2.83 bits per heavy atom. The molecule has 1 aliphatic rings. The molecule has 0 aliphatic carbocycles. The Morgan fingerprint density at radius 1 is 1.43 bits per heavy atom. The SMILES string of the molecule is CC1CC(C)CN(C(=O)CCn2c(-c3cccs3)n[nH]c2=S)C1. The zero-order chi connectivity index (χ0) is 16.4. The maximum atomic E-state index is 12.5. The monoisotopic (exact) mass is 350 g/mol. The number of rotatable bonds is 4. The highest BCUT2D eigenvalue weighted by Crippen LogP contribution is 2.24. The molecule has 1 N–H and O–H groups in total. The molecule has 1 aliphatic heterocycles. The third-order valence-electron chi connectivity index (χ3n) is 4.27. The van der Waals surface area contributed by atoms with Crippen molar-refractivity contribution >= 4 is 29.5 Å². The van der Waals surface area contributed by atoms with Gasteiger partial charge in [0.1, 0.15) is 0 Å². The molecule has 2 aromatic rings. The summed E-state index contributed by atoms with van der Waals surface area (Å²) in [5.41, 5.74) is 0. The number of nitrogens with zero attached hydrogens (tertiary/aromatic N) is 3. The molecule has 3 rings (SSSR count). The summed E-state index contributed by atoms with van der Waals surface area (Å²) < 4.78 is 2.50. The number of H-pyrrole nitrogens is 1. The number of nitrogens with one attached hydrogen (secondary N) is 1. The van der Waals surface area contributed by atoms with Gasteiger partial charge in [0.2, 0.25) is 5.91 Å². The summed E-state index contributed by atoms with van der Waals surface area (Å²) in [7, 11) is 0. The first kappa shape index (κ1) is 16.4. The van der Waals surface area contributed by atoms with E-state index < -0.39 is 0 Å². The van der Waals surface area contributed by atoms with Crippen LogP contribution in [-0.2, 0) is 11.3 Å². The normalized spacial score (nSPS) is 21.6. The number of likely N-dealkylation sites (tertiary alicyclic amines) is 1. The van der Waals surface area contributed by atoms with Crippen LogP contribution < -0.4 is 0 Å². The smallest absolute Gasteiger partial charge is 0.224 e. The maximum Gasteiger partial charge on any atom is 0.224 e. The van der Waals surface area contributed by atoms with Crippen molar-refractivity contribution < 1.29 is 4.79 Å². The lowest BCUT2D eigenvalue weighted by Gasteiger charge is -2.35. The minimum absolute atomic E-state index is 0.212. The van der Waals surface area contributed by atoms with Crippen molar-refractivity contribution in [1.82, 2.24) is 19.7 Å². The van der Waals surface area contributed by atoms with Gasteiger partial charge in [0.05, 0.1) is 4.88 Å². The Morgan fingerprint density at radius 2 is 2.17 bits per heavy atom. The average Bonchev–Trinajstić information content (AvgIpc) is 3.13. The molecule has 1 amide bonds. The number of hydrogen-bond acceptors (Lipinski definition) is 4. The molecule has 2 unspecified atom stereocenters. The Hall–Kier alpha value is -1.47. The number of carbonyl (C=O) groups is 1. The van der Waals surface area contributed by atoms with Gasteiger partial charge in [0, 0.05) is 26.1 Å². The van der Waals surface area contributed by atoms with E-state index in [4.69, 9.17) is 12.2 Å². The lowest BCUT2D eigenvalue weighted by atomic mass is 9.92. The third-order valence-corrected chi connectivity index (χ3v) is 5.45. The van der Waals surface area contributed by atoms with E-state index >= 15 is 0 Å². The van der Waals surface area contributed by atoms with Crippen LogP contribution in [0.4, 0.5) is 0 Å². The van der Waals surface area contributed by atoms with Gasteiger partial charge in [-0.2, -0.15) is 5.10 Å². The summed E-state index contributed by atoms with van der Waals surface area (Å²) in [6, 6.07) is 4.01. The lowest BCUT2D eigenvalue weighted by Crippen LogP contribution is -2.42. The molecule has 124 valence electrons. The van der Waals surface area contributed by atoms with E-state index in [1.807, 2.05) is 27.0 Å². The van der Waals surface area contributed by atoms with Crippen LogP contribution in [0.15, 0.2) is 17.5 Å². The summed E-state index contributed by atoms with van der Waals surface area (Å²) >= 11 is 6.94. The van der Waals surface area contributed by atoms with Crippen molar-refractivity contribution in [2.24, 2.45) is 11.8 Å². The molecule has 5 nitrogen and oxygen atoms in total. The van der Waals surface area contributed by atoms with Gasteiger partial charge in [-0.15, -0.1) is 11.3 Å². The highest BCUT2D eigenvalue weighted by molar-refractivity contribution is 7.71. The summed E-state index contributed by atoms with van der Waals surface area (Å²) in [5, 5.41) is 9.16. The van der Waals surface area contributed by atoms with Gasteiger partial charge in [0.25, 0.3) is 0 Å². The predicted molar refractivity (Wildman–Crippen MR) is 94.9 cm³/mol. The summed E-state index contributed by atoms with van der Waals surface area (Å²) in [6.07, 6.45) is 1.67. The van der Waals surface area contributed by atoms with Crippen molar-refractivity contribution in [3.8, 4) is 10.7 Å². The second-order valence-electron chi connectivity index (χ2n) is 6.48.